The molecule has 1 atom stereocenters. The van der Waals surface area contributed by atoms with Gasteiger partial charge in [-0.25, -0.2) is 9.78 Å². The molecule has 9 nitrogen and oxygen atoms in total. The molecule has 4 N–H and O–H groups in total. The number of H-pyrrole nitrogens is 1. The maximum atomic E-state index is 10.8. The van der Waals surface area contributed by atoms with Gasteiger partial charge in [0.05, 0.1) is 17.8 Å². The zero-order chi connectivity index (χ0) is 18.1. The molecule has 1 aliphatic heterocycles. The molecule has 1 aliphatic carbocycles. The monoisotopic (exact) mass is 353 g/mol. The Morgan fingerprint density at radius 1 is 1.42 bits per heavy atom. The van der Waals surface area contributed by atoms with Gasteiger partial charge in [-0.15, -0.1) is 6.42 Å². The Hall–Kier alpha value is -3.28. The summed E-state index contributed by atoms with van der Waals surface area (Å²) in [7, 11) is 0. The van der Waals surface area contributed by atoms with E-state index in [0.29, 0.717) is 48.6 Å². The van der Waals surface area contributed by atoms with Crippen LogP contribution >= 0.6 is 0 Å². The number of nitrogens with zero attached hydrogens (tertiary/aromatic N) is 4. The van der Waals surface area contributed by atoms with Gasteiger partial charge in [-0.3, -0.25) is 5.10 Å². The SMILES string of the molecule is C#Cc1cnc(N2CCC(NC(=O)O)C2)nc1Nc1cc(C2CC2)[nH]n1. The fraction of sp³-hybridized carbons (Fsp3) is 0.412. The van der Waals surface area contributed by atoms with E-state index in [0.717, 1.165) is 5.69 Å². The molecule has 0 spiro atoms. The number of terminal acetylenes is 1. The van der Waals surface area contributed by atoms with Gasteiger partial charge in [-0.2, -0.15) is 10.1 Å². The van der Waals surface area contributed by atoms with Crippen LogP contribution in [0.1, 0.15) is 36.4 Å². The molecule has 3 heterocycles. The maximum Gasteiger partial charge on any atom is 0.404 e. The summed E-state index contributed by atoms with van der Waals surface area (Å²) in [5.74, 6) is 4.85. The first kappa shape index (κ1) is 16.2. The van der Waals surface area contributed by atoms with Gasteiger partial charge in [0.25, 0.3) is 0 Å². The van der Waals surface area contributed by atoms with Crippen LogP contribution in [-0.4, -0.2) is 50.5 Å². The second-order valence-electron chi connectivity index (χ2n) is 6.57. The summed E-state index contributed by atoms with van der Waals surface area (Å²) in [6.45, 7) is 1.20. The first-order valence-corrected chi connectivity index (χ1v) is 8.53. The molecule has 1 saturated heterocycles. The quantitative estimate of drug-likeness (QED) is 0.603. The number of hydrogen-bond acceptors (Lipinski definition) is 6. The van der Waals surface area contributed by atoms with Crippen LogP contribution in [0.15, 0.2) is 12.3 Å². The van der Waals surface area contributed by atoms with E-state index >= 15 is 0 Å². The molecule has 9 heteroatoms. The molecule has 1 saturated carbocycles. The topological polar surface area (TPSA) is 119 Å². The molecular formula is C17H19N7O2. The largest absolute Gasteiger partial charge is 0.465 e. The van der Waals surface area contributed by atoms with Crippen molar-refractivity contribution in [2.24, 2.45) is 0 Å². The molecule has 0 bridgehead atoms. The fourth-order valence-corrected chi connectivity index (χ4v) is 3.09. The highest BCUT2D eigenvalue weighted by Gasteiger charge is 2.27. The highest BCUT2D eigenvalue weighted by molar-refractivity contribution is 5.65. The number of aromatic amines is 1. The van der Waals surface area contributed by atoms with Crippen molar-refractivity contribution < 1.29 is 9.90 Å². The van der Waals surface area contributed by atoms with E-state index in [1.807, 2.05) is 11.0 Å². The molecule has 2 aromatic rings. The summed E-state index contributed by atoms with van der Waals surface area (Å²) >= 11 is 0. The van der Waals surface area contributed by atoms with Gasteiger partial charge in [0.1, 0.15) is 0 Å². The first-order valence-electron chi connectivity index (χ1n) is 8.53. The van der Waals surface area contributed by atoms with Crippen LogP contribution in [-0.2, 0) is 0 Å². The molecule has 2 aliphatic rings. The predicted octanol–water partition coefficient (Wildman–Crippen LogP) is 1.65. The molecule has 0 aromatic carbocycles. The second-order valence-corrected chi connectivity index (χ2v) is 6.57. The van der Waals surface area contributed by atoms with Crippen LogP contribution in [0.2, 0.25) is 0 Å². The normalized spacial score (nSPS) is 19.2. The molecule has 1 amide bonds. The lowest BCUT2D eigenvalue weighted by atomic mass is 10.3. The van der Waals surface area contributed by atoms with Crippen molar-refractivity contribution in [3.8, 4) is 12.3 Å². The van der Waals surface area contributed by atoms with E-state index in [4.69, 9.17) is 11.5 Å². The molecule has 1 unspecified atom stereocenters. The minimum absolute atomic E-state index is 0.132. The Kier molecular flexibility index (Phi) is 4.08. The molecule has 26 heavy (non-hydrogen) atoms. The standard InChI is InChI=1S/C17H19N7O2/c1-2-10-8-18-16(24-6-5-12(9-24)19-17(25)26)21-15(10)20-14-7-13(22-23-14)11-3-4-11/h1,7-8,11-12,19H,3-6,9H2,(H,25,26)(H2,18,20,21,22,23). The Balaban J connectivity index is 1.51. The van der Waals surface area contributed by atoms with Crippen LogP contribution in [0, 0.1) is 12.3 Å². The van der Waals surface area contributed by atoms with Crippen molar-refractivity contribution in [3.05, 3.63) is 23.5 Å². The van der Waals surface area contributed by atoms with E-state index < -0.39 is 6.09 Å². The van der Waals surface area contributed by atoms with Gasteiger partial charge < -0.3 is 20.6 Å². The van der Waals surface area contributed by atoms with Crippen LogP contribution < -0.4 is 15.5 Å². The fourth-order valence-electron chi connectivity index (χ4n) is 3.09. The van der Waals surface area contributed by atoms with Gasteiger partial charge in [-0.05, 0) is 19.3 Å². The molecule has 4 rings (SSSR count). The summed E-state index contributed by atoms with van der Waals surface area (Å²) in [6, 6.07) is 1.84. The number of nitrogens with one attached hydrogen (secondary N) is 3. The minimum Gasteiger partial charge on any atom is -0.465 e. The molecule has 134 valence electrons. The van der Waals surface area contributed by atoms with E-state index in [1.165, 1.54) is 12.8 Å². The van der Waals surface area contributed by atoms with E-state index in [9.17, 15) is 4.79 Å². The summed E-state index contributed by atoms with van der Waals surface area (Å²) < 4.78 is 0. The molecular weight excluding hydrogens is 334 g/mol. The van der Waals surface area contributed by atoms with Crippen molar-refractivity contribution >= 4 is 23.7 Å². The molecule has 0 radical (unpaired) electrons. The van der Waals surface area contributed by atoms with E-state index in [2.05, 4.69) is 36.7 Å². The summed E-state index contributed by atoms with van der Waals surface area (Å²) in [4.78, 5) is 21.6. The highest BCUT2D eigenvalue weighted by atomic mass is 16.4. The Bertz CT molecular complexity index is 868. The average molecular weight is 353 g/mol. The Labute approximate surface area is 150 Å². The predicted molar refractivity (Wildman–Crippen MR) is 95.6 cm³/mol. The Morgan fingerprint density at radius 2 is 2.27 bits per heavy atom. The third kappa shape index (κ3) is 3.39. The number of rotatable bonds is 5. The van der Waals surface area contributed by atoms with Crippen molar-refractivity contribution in [2.45, 2.75) is 31.2 Å². The number of carbonyl (C=O) groups is 1. The third-order valence-electron chi connectivity index (χ3n) is 4.59. The van der Waals surface area contributed by atoms with Crippen LogP contribution in [0.25, 0.3) is 0 Å². The highest BCUT2D eigenvalue weighted by Crippen LogP contribution is 2.39. The lowest BCUT2D eigenvalue weighted by Gasteiger charge is -2.17. The van der Waals surface area contributed by atoms with Crippen LogP contribution in [0.4, 0.5) is 22.4 Å². The second kappa shape index (κ2) is 6.55. The maximum absolute atomic E-state index is 10.8. The van der Waals surface area contributed by atoms with E-state index in [1.54, 1.807) is 6.20 Å². The molecule has 2 aromatic heterocycles. The van der Waals surface area contributed by atoms with Crippen molar-refractivity contribution in [2.75, 3.05) is 23.3 Å². The van der Waals surface area contributed by atoms with Crippen molar-refractivity contribution in [3.63, 3.8) is 0 Å². The smallest absolute Gasteiger partial charge is 0.404 e. The van der Waals surface area contributed by atoms with Gasteiger partial charge in [0.2, 0.25) is 5.95 Å². The Morgan fingerprint density at radius 3 is 3.00 bits per heavy atom. The van der Waals surface area contributed by atoms with Crippen molar-refractivity contribution in [1.29, 1.82) is 0 Å². The number of amides is 1. The minimum atomic E-state index is -1.02. The average Bonchev–Trinajstić information content (AvgIpc) is 3.19. The summed E-state index contributed by atoms with van der Waals surface area (Å²) in [6.07, 6.45) is 9.22. The van der Waals surface area contributed by atoms with Gasteiger partial charge >= 0.3 is 6.09 Å². The number of aromatic nitrogens is 4. The first-order chi connectivity index (χ1) is 12.6. The van der Waals surface area contributed by atoms with Crippen LogP contribution in [0.3, 0.4) is 0 Å². The number of anilines is 3. The van der Waals surface area contributed by atoms with Gasteiger partial charge in [-0.1, -0.05) is 5.92 Å². The third-order valence-corrected chi connectivity index (χ3v) is 4.59. The summed E-state index contributed by atoms with van der Waals surface area (Å²) in [5.41, 5.74) is 1.66. The number of hydrogen-bond donors (Lipinski definition) is 4. The zero-order valence-electron chi connectivity index (χ0n) is 14.1. The zero-order valence-corrected chi connectivity index (χ0v) is 14.1. The van der Waals surface area contributed by atoms with Gasteiger partial charge in [0, 0.05) is 30.8 Å². The van der Waals surface area contributed by atoms with Crippen LogP contribution in [0.5, 0.6) is 0 Å². The molecule has 2 fully saturated rings. The summed E-state index contributed by atoms with van der Waals surface area (Å²) in [5, 5.41) is 21.8. The van der Waals surface area contributed by atoms with Crippen molar-refractivity contribution in [1.82, 2.24) is 25.5 Å². The van der Waals surface area contributed by atoms with E-state index in [-0.39, 0.29) is 6.04 Å². The van der Waals surface area contributed by atoms with Gasteiger partial charge in [0.15, 0.2) is 11.6 Å². The lowest BCUT2D eigenvalue weighted by Crippen LogP contribution is -2.36. The lowest BCUT2D eigenvalue weighted by molar-refractivity contribution is 0.191. The number of carboxylic acid groups (broad SMARTS) is 1.